The number of alkyl carbamates (subject to hydrolysis) is 1. The van der Waals surface area contributed by atoms with Crippen LogP contribution in [0.5, 0.6) is 0 Å². The fourth-order valence-electron chi connectivity index (χ4n) is 5.50. The third kappa shape index (κ3) is 3.95. The van der Waals surface area contributed by atoms with Crippen molar-refractivity contribution in [3.05, 3.63) is 41.1 Å². The molecule has 0 aromatic carbocycles. The first-order valence-corrected chi connectivity index (χ1v) is 12.4. The van der Waals surface area contributed by atoms with E-state index in [1.165, 1.54) is 30.1 Å². The maximum Gasteiger partial charge on any atom is 0.407 e. The van der Waals surface area contributed by atoms with Crippen LogP contribution in [0.1, 0.15) is 37.2 Å². The summed E-state index contributed by atoms with van der Waals surface area (Å²) in [5.74, 6) is -1.89. The van der Waals surface area contributed by atoms with E-state index in [2.05, 4.69) is 30.4 Å². The van der Waals surface area contributed by atoms with Crippen LogP contribution < -0.4 is 22.1 Å². The molecule has 13 nitrogen and oxygen atoms in total. The Morgan fingerprint density at radius 2 is 2.10 bits per heavy atom. The standard InChI is InChI=1S/C25H27F2N9O4/c1-34-17-11-29-19(8-16(17)35(24(34)39)14-5-4-13(7-14)31-23(38)40-2)32-18-6-3-12-10-30-36(21(12)33-18)25(22(28)37)9-15(25)20(26)27/h3,6,8,10-11,13-15,20H,4-5,7,9H2,1-2H3,(H2,28,37)(H,31,38)(H,29,32,33)/t13-,14-,15-,25+/m1/s1/i1D3,13D. The number of nitrogens with two attached hydrogens (primary N) is 1. The lowest BCUT2D eigenvalue weighted by Gasteiger charge is -2.15. The fourth-order valence-corrected chi connectivity index (χ4v) is 5.50. The molecule has 4 heterocycles. The number of nitrogens with zero attached hydrogens (tertiary/aromatic N) is 6. The molecule has 0 unspecified atom stereocenters. The fraction of sp³-hybridized carbons (Fsp3) is 0.440. The monoisotopic (exact) mass is 559 g/mol. The summed E-state index contributed by atoms with van der Waals surface area (Å²) in [7, 11) is 1.17. The van der Waals surface area contributed by atoms with Gasteiger partial charge in [0.2, 0.25) is 12.3 Å². The summed E-state index contributed by atoms with van der Waals surface area (Å²) in [6, 6.07) is 2.57. The number of pyridine rings is 2. The van der Waals surface area contributed by atoms with Crippen LogP contribution in [0.4, 0.5) is 25.2 Å². The number of hydrogen-bond acceptors (Lipinski definition) is 8. The molecule has 210 valence electrons. The van der Waals surface area contributed by atoms with E-state index in [1.807, 2.05) is 0 Å². The number of hydrogen-bond donors (Lipinski definition) is 3. The van der Waals surface area contributed by atoms with E-state index in [9.17, 15) is 23.2 Å². The predicted molar refractivity (Wildman–Crippen MR) is 139 cm³/mol. The number of anilines is 2. The van der Waals surface area contributed by atoms with Gasteiger partial charge in [-0.15, -0.1) is 0 Å². The molecular weight excluding hydrogens is 528 g/mol. The van der Waals surface area contributed by atoms with Gasteiger partial charge >= 0.3 is 11.8 Å². The number of nitrogens with one attached hydrogen (secondary N) is 2. The average Bonchev–Trinajstić information content (AvgIpc) is 3.22. The molecule has 4 aromatic rings. The van der Waals surface area contributed by atoms with Crippen molar-refractivity contribution in [3.8, 4) is 0 Å². The number of aromatic nitrogens is 6. The number of carbonyl (C=O) groups excluding carboxylic acids is 2. The van der Waals surface area contributed by atoms with Crippen LogP contribution in [0.2, 0.25) is 0 Å². The SMILES string of the molecule is [2H]C([2H])([2H])n1c(=O)n([C@@H]2CC[C@@]([2H])(NC(=O)OC)C2)c2cc(Nc3ccc4cnn([C@@]5(C(N)=O)C[C@@H]5C(F)F)c4n3)ncc21. The molecule has 2 aliphatic carbocycles. The van der Waals surface area contributed by atoms with E-state index < -0.39 is 54.6 Å². The smallest absolute Gasteiger partial charge is 0.407 e. The first-order chi connectivity index (χ1) is 20.7. The summed E-state index contributed by atoms with van der Waals surface area (Å²) in [4.78, 5) is 46.3. The summed E-state index contributed by atoms with van der Waals surface area (Å²) in [5, 5.41) is 10.0. The topological polar surface area (TPSA) is 164 Å². The van der Waals surface area contributed by atoms with Crippen LogP contribution >= 0.6 is 0 Å². The number of carbonyl (C=O) groups is 2. The quantitative estimate of drug-likeness (QED) is 0.310. The third-order valence-electron chi connectivity index (χ3n) is 7.62. The molecule has 40 heavy (non-hydrogen) atoms. The molecule has 0 radical (unpaired) electrons. The van der Waals surface area contributed by atoms with Gasteiger partial charge in [0, 0.05) is 34.6 Å². The lowest BCUT2D eigenvalue weighted by Crippen LogP contribution is -2.38. The van der Waals surface area contributed by atoms with Gasteiger partial charge in [-0.2, -0.15) is 5.10 Å². The Morgan fingerprint density at radius 3 is 2.80 bits per heavy atom. The Balaban J connectivity index is 1.38. The summed E-state index contributed by atoms with van der Waals surface area (Å²) in [6.45, 7) is -2.83. The van der Waals surface area contributed by atoms with E-state index >= 15 is 0 Å². The van der Waals surface area contributed by atoms with Crippen molar-refractivity contribution in [3.63, 3.8) is 0 Å². The number of rotatable bonds is 7. The van der Waals surface area contributed by atoms with Gasteiger partial charge in [-0.25, -0.2) is 33.0 Å². The Labute approximate surface area is 230 Å². The Bertz CT molecular complexity index is 1880. The number of amides is 2. The molecule has 2 amide bonds. The minimum Gasteiger partial charge on any atom is -0.453 e. The van der Waals surface area contributed by atoms with E-state index in [4.69, 9.17) is 11.2 Å². The maximum atomic E-state index is 13.5. The normalized spacial score (nSPS) is 27.7. The molecule has 2 fully saturated rings. The second-order valence-electron chi connectivity index (χ2n) is 9.89. The van der Waals surface area contributed by atoms with Gasteiger partial charge in [0.05, 0.1) is 37.8 Å². The second kappa shape index (κ2) is 9.27. The van der Waals surface area contributed by atoms with E-state index in [0.717, 1.165) is 4.68 Å². The average molecular weight is 560 g/mol. The molecule has 0 bridgehead atoms. The van der Waals surface area contributed by atoms with Gasteiger partial charge in [0.15, 0.2) is 11.2 Å². The van der Waals surface area contributed by atoms with Crippen LogP contribution in [-0.4, -0.2) is 60.4 Å². The molecule has 4 N–H and O–H groups in total. The minimum atomic E-state index is -2.83. The maximum absolute atomic E-state index is 13.5. The molecule has 0 aliphatic heterocycles. The predicted octanol–water partition coefficient (Wildman–Crippen LogP) is 2.14. The first-order valence-electron chi connectivity index (χ1n) is 14.4. The number of alkyl halides is 2. The van der Waals surface area contributed by atoms with Gasteiger partial charge in [0.1, 0.15) is 11.6 Å². The van der Waals surface area contributed by atoms with Gasteiger partial charge in [-0.3, -0.25) is 13.9 Å². The number of methoxy groups -OCH3 is 1. The van der Waals surface area contributed by atoms with Crippen molar-refractivity contribution in [1.29, 1.82) is 0 Å². The van der Waals surface area contributed by atoms with Crippen LogP contribution in [-0.2, 0) is 22.0 Å². The highest BCUT2D eigenvalue weighted by Crippen LogP contribution is 2.54. The van der Waals surface area contributed by atoms with Crippen LogP contribution in [0.15, 0.2) is 35.4 Å². The highest BCUT2D eigenvalue weighted by Gasteiger charge is 2.66. The first kappa shape index (κ1) is 21.3. The zero-order valence-electron chi connectivity index (χ0n) is 25.1. The molecule has 2 saturated carbocycles. The number of imidazole rings is 1. The number of halogens is 2. The second-order valence-corrected chi connectivity index (χ2v) is 9.89. The van der Waals surface area contributed by atoms with E-state index in [0.29, 0.717) is 16.4 Å². The molecular formula is C25H27F2N9O4. The van der Waals surface area contributed by atoms with Crippen LogP contribution in [0.3, 0.4) is 0 Å². The van der Waals surface area contributed by atoms with Crippen molar-refractivity contribution < 1.29 is 28.6 Å². The lowest BCUT2D eigenvalue weighted by atomic mass is 10.2. The van der Waals surface area contributed by atoms with E-state index in [1.54, 1.807) is 12.1 Å². The van der Waals surface area contributed by atoms with Crippen molar-refractivity contribution in [2.24, 2.45) is 18.6 Å². The summed E-state index contributed by atoms with van der Waals surface area (Å²) >= 11 is 0. The molecule has 4 aromatic heterocycles. The van der Waals surface area contributed by atoms with Gasteiger partial charge in [-0.05, 0) is 37.8 Å². The summed E-state index contributed by atoms with van der Waals surface area (Å²) in [6.07, 6.45) is -0.656. The molecule has 15 heteroatoms. The summed E-state index contributed by atoms with van der Waals surface area (Å²) in [5.41, 5.74) is 3.37. The largest absolute Gasteiger partial charge is 0.453 e. The number of fused-ring (bicyclic) bond motifs is 2. The van der Waals surface area contributed by atoms with Crippen molar-refractivity contribution in [2.75, 3.05) is 12.4 Å². The van der Waals surface area contributed by atoms with E-state index in [-0.39, 0.29) is 47.6 Å². The van der Waals surface area contributed by atoms with Crippen LogP contribution in [0.25, 0.3) is 22.1 Å². The highest BCUT2D eigenvalue weighted by molar-refractivity contribution is 5.89. The Hall–Kier alpha value is -4.56. The Kier molecular flexibility index (Phi) is 4.94. The molecule has 0 spiro atoms. The zero-order valence-corrected chi connectivity index (χ0v) is 21.1. The molecule has 0 saturated heterocycles. The van der Waals surface area contributed by atoms with Gasteiger partial charge < -0.3 is 21.1 Å². The number of primary amides is 1. The minimum absolute atomic E-state index is 0.0106. The number of ether oxygens (including phenoxy) is 1. The third-order valence-corrected chi connectivity index (χ3v) is 7.62. The molecule has 6 rings (SSSR count). The molecule has 4 atom stereocenters. The lowest BCUT2D eigenvalue weighted by molar-refractivity contribution is -0.124. The zero-order chi connectivity index (χ0) is 31.8. The Morgan fingerprint density at radius 1 is 1.27 bits per heavy atom. The van der Waals surface area contributed by atoms with Gasteiger partial charge in [-0.1, -0.05) is 0 Å². The van der Waals surface area contributed by atoms with Crippen molar-refractivity contribution >= 4 is 45.7 Å². The summed E-state index contributed by atoms with van der Waals surface area (Å²) < 4.78 is 67.2. The number of aryl methyl sites for hydroxylation is 1. The van der Waals surface area contributed by atoms with Gasteiger partial charge in [0.25, 0.3) is 0 Å². The van der Waals surface area contributed by atoms with Crippen molar-refractivity contribution in [2.45, 2.75) is 49.7 Å². The molecule has 2 aliphatic rings. The van der Waals surface area contributed by atoms with Crippen LogP contribution in [0, 0.1) is 5.92 Å². The highest BCUT2D eigenvalue weighted by atomic mass is 19.3. The van der Waals surface area contributed by atoms with Crippen molar-refractivity contribution in [1.82, 2.24) is 34.2 Å².